The normalized spacial score (nSPS) is 19.7. The van der Waals surface area contributed by atoms with Crippen LogP contribution in [-0.2, 0) is 6.42 Å². The molecule has 2 unspecified atom stereocenters. The molecule has 1 aromatic rings. The predicted molar refractivity (Wildman–Crippen MR) is 77.3 cm³/mol. The fourth-order valence-corrected chi connectivity index (χ4v) is 3.08. The van der Waals surface area contributed by atoms with Crippen LogP contribution in [0.25, 0.3) is 0 Å². The molecule has 2 rings (SSSR count). The van der Waals surface area contributed by atoms with Gasteiger partial charge in [-0.3, -0.25) is 0 Å². The number of aryl methyl sites for hydroxylation is 1. The first kappa shape index (κ1) is 14.4. The highest BCUT2D eigenvalue weighted by atomic mass is 16.3. The van der Waals surface area contributed by atoms with E-state index in [0.29, 0.717) is 24.3 Å². The highest BCUT2D eigenvalue weighted by molar-refractivity contribution is 5.40. The van der Waals surface area contributed by atoms with Crippen molar-refractivity contribution in [2.45, 2.75) is 51.7 Å². The molecule has 0 fully saturated rings. The second kappa shape index (κ2) is 6.40. The van der Waals surface area contributed by atoms with Gasteiger partial charge in [-0.15, -0.1) is 0 Å². The molecule has 1 aromatic carbocycles. The van der Waals surface area contributed by atoms with Gasteiger partial charge >= 0.3 is 0 Å². The summed E-state index contributed by atoms with van der Waals surface area (Å²) in [5, 5.41) is 23.1. The van der Waals surface area contributed by atoms with Gasteiger partial charge in [-0.1, -0.05) is 32.8 Å². The average molecular weight is 263 g/mol. The summed E-state index contributed by atoms with van der Waals surface area (Å²) in [6.07, 6.45) is 3.83. The summed E-state index contributed by atoms with van der Waals surface area (Å²) in [5.74, 6) is 0.727. The minimum Gasteiger partial charge on any atom is -0.508 e. The van der Waals surface area contributed by atoms with Crippen LogP contribution in [0.4, 0.5) is 0 Å². The van der Waals surface area contributed by atoms with Gasteiger partial charge < -0.3 is 15.5 Å². The third-order valence-corrected chi connectivity index (χ3v) is 4.37. The van der Waals surface area contributed by atoms with Crippen LogP contribution in [0, 0.1) is 5.92 Å². The summed E-state index contributed by atoms with van der Waals surface area (Å²) in [6, 6.07) is 5.92. The minimum absolute atomic E-state index is 0.267. The fraction of sp³-hybridized carbons (Fsp3) is 0.625. The third kappa shape index (κ3) is 3.28. The lowest BCUT2D eigenvalue weighted by atomic mass is 9.96. The van der Waals surface area contributed by atoms with Crippen molar-refractivity contribution in [2.75, 3.05) is 6.54 Å². The second-order valence-electron chi connectivity index (χ2n) is 5.53. The topological polar surface area (TPSA) is 52.5 Å². The molecule has 0 saturated carbocycles. The molecule has 0 spiro atoms. The van der Waals surface area contributed by atoms with E-state index in [4.69, 9.17) is 0 Å². The standard InChI is InChI=1S/C16H25NO2/c1-3-11(4-2)16(19)10-17-15-8-5-12-9-13(18)6-7-14(12)15/h6-7,9,11,15-19H,3-5,8,10H2,1-2H3. The van der Waals surface area contributed by atoms with Crippen LogP contribution in [0.5, 0.6) is 5.75 Å². The number of benzene rings is 1. The zero-order valence-corrected chi connectivity index (χ0v) is 11.9. The van der Waals surface area contributed by atoms with Crippen molar-refractivity contribution in [3.8, 4) is 5.75 Å². The molecule has 3 N–H and O–H groups in total. The number of aliphatic hydroxyl groups is 1. The monoisotopic (exact) mass is 263 g/mol. The highest BCUT2D eigenvalue weighted by Gasteiger charge is 2.24. The number of fused-ring (bicyclic) bond motifs is 1. The summed E-state index contributed by atoms with van der Waals surface area (Å²) >= 11 is 0. The Bertz CT molecular complexity index is 415. The van der Waals surface area contributed by atoms with Crippen LogP contribution >= 0.6 is 0 Å². The summed E-state index contributed by atoms with van der Waals surface area (Å²) in [4.78, 5) is 0. The Balaban J connectivity index is 1.92. The molecular formula is C16H25NO2. The van der Waals surface area contributed by atoms with Gasteiger partial charge in [0.25, 0.3) is 0 Å². The molecule has 0 saturated heterocycles. The molecule has 3 heteroatoms. The number of hydrogen-bond acceptors (Lipinski definition) is 3. The molecule has 1 aliphatic carbocycles. The molecule has 0 radical (unpaired) electrons. The Hall–Kier alpha value is -1.06. The molecule has 0 aliphatic heterocycles. The van der Waals surface area contributed by atoms with Crippen LogP contribution in [0.3, 0.4) is 0 Å². The molecule has 2 atom stereocenters. The van der Waals surface area contributed by atoms with Gasteiger partial charge in [-0.05, 0) is 42.0 Å². The molecule has 19 heavy (non-hydrogen) atoms. The maximum Gasteiger partial charge on any atom is 0.115 e. The first-order chi connectivity index (χ1) is 9.15. The lowest BCUT2D eigenvalue weighted by Gasteiger charge is -2.23. The summed E-state index contributed by atoms with van der Waals surface area (Å²) in [7, 11) is 0. The predicted octanol–water partition coefficient (Wildman–Crippen LogP) is 2.77. The van der Waals surface area contributed by atoms with Crippen molar-refractivity contribution in [1.29, 1.82) is 0 Å². The van der Waals surface area contributed by atoms with Gasteiger partial charge in [0.1, 0.15) is 5.75 Å². The van der Waals surface area contributed by atoms with Crippen molar-refractivity contribution in [3.63, 3.8) is 0 Å². The van der Waals surface area contributed by atoms with Gasteiger partial charge in [-0.25, -0.2) is 0 Å². The second-order valence-corrected chi connectivity index (χ2v) is 5.53. The maximum atomic E-state index is 10.2. The van der Waals surface area contributed by atoms with E-state index in [9.17, 15) is 10.2 Å². The van der Waals surface area contributed by atoms with E-state index in [1.807, 2.05) is 12.1 Å². The molecule has 0 bridgehead atoms. The molecule has 0 amide bonds. The Kier molecular flexibility index (Phi) is 4.83. The van der Waals surface area contributed by atoms with E-state index in [1.54, 1.807) is 6.07 Å². The quantitative estimate of drug-likeness (QED) is 0.739. The number of rotatable bonds is 6. The van der Waals surface area contributed by atoms with Crippen LogP contribution in [0.15, 0.2) is 18.2 Å². The van der Waals surface area contributed by atoms with Gasteiger partial charge in [0, 0.05) is 12.6 Å². The van der Waals surface area contributed by atoms with E-state index in [-0.39, 0.29) is 6.10 Å². The van der Waals surface area contributed by atoms with Crippen molar-refractivity contribution < 1.29 is 10.2 Å². The smallest absolute Gasteiger partial charge is 0.115 e. The van der Waals surface area contributed by atoms with Crippen LogP contribution in [-0.4, -0.2) is 22.9 Å². The number of aromatic hydroxyl groups is 1. The van der Waals surface area contributed by atoms with E-state index in [1.165, 1.54) is 11.1 Å². The number of phenolic OH excluding ortho intramolecular Hbond substituents is 1. The fourth-order valence-electron chi connectivity index (χ4n) is 3.08. The van der Waals surface area contributed by atoms with Gasteiger partial charge in [0.05, 0.1) is 6.10 Å². The third-order valence-electron chi connectivity index (χ3n) is 4.37. The Morgan fingerprint density at radius 1 is 1.32 bits per heavy atom. The Labute approximate surface area is 115 Å². The largest absolute Gasteiger partial charge is 0.508 e. The van der Waals surface area contributed by atoms with Gasteiger partial charge in [0.2, 0.25) is 0 Å². The van der Waals surface area contributed by atoms with Gasteiger partial charge in [-0.2, -0.15) is 0 Å². The zero-order valence-electron chi connectivity index (χ0n) is 11.9. The lowest BCUT2D eigenvalue weighted by Crippen LogP contribution is -2.34. The molecule has 106 valence electrons. The molecule has 0 heterocycles. The highest BCUT2D eigenvalue weighted by Crippen LogP contribution is 2.33. The summed E-state index contributed by atoms with van der Waals surface area (Å²) in [5.41, 5.74) is 2.50. The lowest BCUT2D eigenvalue weighted by molar-refractivity contribution is 0.0983. The summed E-state index contributed by atoms with van der Waals surface area (Å²) < 4.78 is 0. The SMILES string of the molecule is CCC(CC)C(O)CNC1CCc2cc(O)ccc21. The zero-order chi connectivity index (χ0) is 13.8. The average Bonchev–Trinajstić information content (AvgIpc) is 2.80. The molecule has 3 nitrogen and oxygen atoms in total. The minimum atomic E-state index is -0.267. The number of phenols is 1. The number of hydrogen-bond donors (Lipinski definition) is 3. The van der Waals surface area contributed by atoms with E-state index < -0.39 is 0 Å². The van der Waals surface area contributed by atoms with Crippen molar-refractivity contribution >= 4 is 0 Å². The Morgan fingerprint density at radius 3 is 2.74 bits per heavy atom. The van der Waals surface area contributed by atoms with E-state index in [2.05, 4.69) is 19.2 Å². The van der Waals surface area contributed by atoms with Crippen LogP contribution in [0.1, 0.15) is 50.3 Å². The van der Waals surface area contributed by atoms with E-state index in [0.717, 1.165) is 25.7 Å². The number of aliphatic hydroxyl groups excluding tert-OH is 1. The maximum absolute atomic E-state index is 10.2. The van der Waals surface area contributed by atoms with Crippen molar-refractivity contribution in [3.05, 3.63) is 29.3 Å². The summed E-state index contributed by atoms with van der Waals surface area (Å²) in [6.45, 7) is 4.91. The first-order valence-electron chi connectivity index (χ1n) is 7.38. The Morgan fingerprint density at radius 2 is 2.05 bits per heavy atom. The van der Waals surface area contributed by atoms with Crippen molar-refractivity contribution in [1.82, 2.24) is 5.32 Å². The van der Waals surface area contributed by atoms with Crippen molar-refractivity contribution in [2.24, 2.45) is 5.92 Å². The first-order valence-corrected chi connectivity index (χ1v) is 7.38. The molecular weight excluding hydrogens is 238 g/mol. The van der Waals surface area contributed by atoms with E-state index >= 15 is 0 Å². The van der Waals surface area contributed by atoms with Crippen LogP contribution < -0.4 is 5.32 Å². The molecule has 0 aromatic heterocycles. The number of nitrogens with one attached hydrogen (secondary N) is 1. The van der Waals surface area contributed by atoms with Crippen LogP contribution in [0.2, 0.25) is 0 Å². The molecule has 1 aliphatic rings. The van der Waals surface area contributed by atoms with Gasteiger partial charge in [0.15, 0.2) is 0 Å².